The minimum Gasteiger partial charge on any atom is -0.469 e. The van der Waals surface area contributed by atoms with E-state index in [1.807, 2.05) is 66.7 Å². The van der Waals surface area contributed by atoms with Crippen molar-refractivity contribution in [3.63, 3.8) is 0 Å². The van der Waals surface area contributed by atoms with Crippen LogP contribution in [0.4, 0.5) is 0 Å². The molecule has 0 aliphatic carbocycles. The highest BCUT2D eigenvalue weighted by atomic mass is 16.5. The van der Waals surface area contributed by atoms with Crippen LogP contribution < -0.4 is 0 Å². The lowest BCUT2D eigenvalue weighted by Crippen LogP contribution is -2.15. The number of ketones is 1. The molecule has 0 spiro atoms. The van der Waals surface area contributed by atoms with Crippen LogP contribution in [0.1, 0.15) is 24.0 Å². The number of esters is 1. The second-order valence-corrected chi connectivity index (χ2v) is 5.76. The van der Waals surface area contributed by atoms with Gasteiger partial charge in [0.1, 0.15) is 12.2 Å². The minimum atomic E-state index is -0.948. The molecule has 2 aromatic rings. The maximum atomic E-state index is 11.7. The van der Waals surface area contributed by atoms with Gasteiger partial charge in [-0.1, -0.05) is 78.9 Å². The van der Waals surface area contributed by atoms with E-state index in [4.69, 9.17) is 0 Å². The molecule has 0 saturated heterocycles. The third-order valence-corrected chi connectivity index (χ3v) is 3.77. The summed E-state index contributed by atoms with van der Waals surface area (Å²) in [6.45, 7) is 0. The van der Waals surface area contributed by atoms with Crippen LogP contribution in [-0.2, 0) is 14.3 Å². The molecule has 0 aliphatic heterocycles. The Morgan fingerprint density at radius 1 is 1.00 bits per heavy atom. The van der Waals surface area contributed by atoms with E-state index in [2.05, 4.69) is 4.74 Å². The summed E-state index contributed by atoms with van der Waals surface area (Å²) in [5.74, 6) is -0.953. The van der Waals surface area contributed by atoms with Crippen molar-refractivity contribution in [3.8, 4) is 0 Å². The average molecular weight is 350 g/mol. The van der Waals surface area contributed by atoms with Crippen molar-refractivity contribution in [2.45, 2.75) is 18.9 Å². The SMILES string of the molecule is COC(=O)CC(=O)CC(O)/C=C/C=C(c1ccccc1)c1ccccc1. The molecule has 0 saturated carbocycles. The molecule has 0 amide bonds. The highest BCUT2D eigenvalue weighted by molar-refractivity contribution is 5.95. The number of aliphatic hydroxyl groups is 1. The molecule has 4 nitrogen and oxygen atoms in total. The molecule has 0 radical (unpaired) electrons. The molecule has 26 heavy (non-hydrogen) atoms. The fraction of sp³-hybridized carbons (Fsp3) is 0.182. The lowest BCUT2D eigenvalue weighted by Gasteiger charge is -2.08. The Labute approximate surface area is 153 Å². The van der Waals surface area contributed by atoms with Crippen LogP contribution >= 0.6 is 0 Å². The highest BCUT2D eigenvalue weighted by Crippen LogP contribution is 2.23. The molecule has 2 rings (SSSR count). The Morgan fingerprint density at radius 2 is 1.54 bits per heavy atom. The van der Waals surface area contributed by atoms with Crippen LogP contribution in [-0.4, -0.2) is 30.1 Å². The van der Waals surface area contributed by atoms with E-state index in [0.717, 1.165) is 16.7 Å². The summed E-state index contributed by atoms with van der Waals surface area (Å²) < 4.78 is 4.44. The van der Waals surface area contributed by atoms with Gasteiger partial charge in [0.15, 0.2) is 0 Å². The number of hydrogen-bond donors (Lipinski definition) is 1. The number of aliphatic hydroxyl groups excluding tert-OH is 1. The van der Waals surface area contributed by atoms with Gasteiger partial charge in [0, 0.05) is 6.42 Å². The largest absolute Gasteiger partial charge is 0.469 e. The third kappa shape index (κ3) is 6.15. The molecule has 1 unspecified atom stereocenters. The number of allylic oxidation sites excluding steroid dienone is 2. The molecular weight excluding hydrogens is 328 g/mol. The van der Waals surface area contributed by atoms with E-state index in [1.165, 1.54) is 7.11 Å². The van der Waals surface area contributed by atoms with Gasteiger partial charge in [0.05, 0.1) is 13.2 Å². The normalized spacial score (nSPS) is 11.8. The van der Waals surface area contributed by atoms with Crippen LogP contribution in [0.3, 0.4) is 0 Å². The molecule has 1 atom stereocenters. The van der Waals surface area contributed by atoms with Gasteiger partial charge >= 0.3 is 5.97 Å². The van der Waals surface area contributed by atoms with Gasteiger partial charge in [-0.05, 0) is 16.7 Å². The average Bonchev–Trinajstić information content (AvgIpc) is 2.66. The first-order chi connectivity index (χ1) is 12.6. The Bertz CT molecular complexity index is 735. The quantitative estimate of drug-likeness (QED) is 0.449. The second kappa shape index (κ2) is 10.1. The number of methoxy groups -OCH3 is 1. The summed E-state index contributed by atoms with van der Waals surface area (Å²) >= 11 is 0. The first-order valence-electron chi connectivity index (χ1n) is 8.36. The Balaban J connectivity index is 2.11. The lowest BCUT2D eigenvalue weighted by atomic mass is 9.97. The summed E-state index contributed by atoms with van der Waals surface area (Å²) in [4.78, 5) is 22.7. The Morgan fingerprint density at radius 3 is 2.04 bits per heavy atom. The Hall–Kier alpha value is -2.98. The van der Waals surface area contributed by atoms with Crippen molar-refractivity contribution in [1.82, 2.24) is 0 Å². The lowest BCUT2D eigenvalue weighted by molar-refractivity contribution is -0.143. The standard InChI is InChI=1S/C22H22O4/c1-26-22(25)16-20(24)15-19(23)13-8-14-21(17-9-4-2-5-10-17)18-11-6-3-7-12-18/h2-14,19,23H,15-16H2,1H3/b13-8+. The van der Waals surface area contributed by atoms with Crippen LogP contribution in [0, 0.1) is 0 Å². The smallest absolute Gasteiger partial charge is 0.313 e. The fourth-order valence-electron chi connectivity index (χ4n) is 2.48. The topological polar surface area (TPSA) is 63.6 Å². The first kappa shape index (κ1) is 19.3. The van der Waals surface area contributed by atoms with Crippen LogP contribution in [0.25, 0.3) is 5.57 Å². The van der Waals surface area contributed by atoms with Gasteiger partial charge in [-0.2, -0.15) is 0 Å². The summed E-state index contributed by atoms with van der Waals surface area (Å²) in [5, 5.41) is 9.97. The zero-order valence-corrected chi connectivity index (χ0v) is 14.7. The molecule has 0 heterocycles. The number of benzene rings is 2. The summed E-state index contributed by atoms with van der Waals surface area (Å²) in [6, 6.07) is 19.9. The molecular formula is C22H22O4. The van der Waals surface area contributed by atoms with Gasteiger partial charge in [-0.3, -0.25) is 9.59 Å². The van der Waals surface area contributed by atoms with Gasteiger partial charge in [-0.25, -0.2) is 0 Å². The number of ether oxygens (including phenoxy) is 1. The molecule has 0 bridgehead atoms. The monoisotopic (exact) mass is 350 g/mol. The van der Waals surface area contributed by atoms with Gasteiger partial charge < -0.3 is 9.84 Å². The van der Waals surface area contributed by atoms with Crippen molar-refractivity contribution in [2.75, 3.05) is 7.11 Å². The number of carbonyl (C=O) groups excluding carboxylic acids is 2. The predicted octanol–water partition coefficient (Wildman–Crippen LogP) is 3.56. The number of rotatable bonds is 8. The van der Waals surface area contributed by atoms with Crippen molar-refractivity contribution in [2.24, 2.45) is 0 Å². The van der Waals surface area contributed by atoms with E-state index >= 15 is 0 Å². The van der Waals surface area contributed by atoms with Crippen LogP contribution in [0.2, 0.25) is 0 Å². The maximum absolute atomic E-state index is 11.7. The fourth-order valence-corrected chi connectivity index (χ4v) is 2.48. The van der Waals surface area contributed by atoms with E-state index in [-0.39, 0.29) is 18.6 Å². The molecule has 4 heteroatoms. The van der Waals surface area contributed by atoms with Crippen molar-refractivity contribution in [1.29, 1.82) is 0 Å². The highest BCUT2D eigenvalue weighted by Gasteiger charge is 2.12. The van der Waals surface area contributed by atoms with Crippen molar-refractivity contribution in [3.05, 3.63) is 90.0 Å². The zero-order chi connectivity index (χ0) is 18.8. The van der Waals surface area contributed by atoms with E-state index in [9.17, 15) is 14.7 Å². The van der Waals surface area contributed by atoms with E-state index < -0.39 is 12.1 Å². The van der Waals surface area contributed by atoms with E-state index in [1.54, 1.807) is 12.2 Å². The number of Topliss-reactive ketones (excluding diaryl/α,β-unsaturated/α-hetero) is 1. The molecule has 0 fully saturated rings. The van der Waals surface area contributed by atoms with Crippen molar-refractivity contribution < 1.29 is 19.4 Å². The maximum Gasteiger partial charge on any atom is 0.313 e. The Kier molecular flexibility index (Phi) is 7.52. The van der Waals surface area contributed by atoms with Gasteiger partial charge in [0.2, 0.25) is 0 Å². The minimum absolute atomic E-state index is 0.120. The predicted molar refractivity (Wildman–Crippen MR) is 101 cm³/mol. The van der Waals surface area contributed by atoms with Gasteiger partial charge in [-0.15, -0.1) is 0 Å². The summed E-state index contributed by atoms with van der Waals surface area (Å²) in [5.41, 5.74) is 3.12. The summed E-state index contributed by atoms with van der Waals surface area (Å²) in [6.07, 6.45) is 3.78. The van der Waals surface area contributed by atoms with Gasteiger partial charge in [0.25, 0.3) is 0 Å². The molecule has 2 aromatic carbocycles. The first-order valence-corrected chi connectivity index (χ1v) is 8.36. The second-order valence-electron chi connectivity index (χ2n) is 5.76. The third-order valence-electron chi connectivity index (χ3n) is 3.77. The molecule has 134 valence electrons. The summed E-state index contributed by atoms with van der Waals surface area (Å²) in [7, 11) is 1.23. The molecule has 1 N–H and O–H groups in total. The number of carbonyl (C=O) groups is 2. The van der Waals surface area contributed by atoms with Crippen LogP contribution in [0.15, 0.2) is 78.9 Å². The van der Waals surface area contributed by atoms with E-state index in [0.29, 0.717) is 0 Å². The zero-order valence-electron chi connectivity index (χ0n) is 14.7. The van der Waals surface area contributed by atoms with Crippen LogP contribution in [0.5, 0.6) is 0 Å². The molecule has 0 aromatic heterocycles. The van der Waals surface area contributed by atoms with Crippen molar-refractivity contribution >= 4 is 17.3 Å². The molecule has 0 aliphatic rings. The number of hydrogen-bond acceptors (Lipinski definition) is 4.